The number of hydrogen-bond donors (Lipinski definition) is 3. The fourth-order valence-corrected chi connectivity index (χ4v) is 6.16. The number of carbonyl (C=O) groups excluding carboxylic acids is 1. The van der Waals surface area contributed by atoms with Gasteiger partial charge in [-0.05, 0) is 48.6 Å². The van der Waals surface area contributed by atoms with Gasteiger partial charge in [-0.15, -0.1) is 0 Å². The number of aliphatic hydroxyl groups excluding tert-OH is 1. The number of rotatable bonds is 7. The van der Waals surface area contributed by atoms with Crippen LogP contribution >= 0.6 is 0 Å². The van der Waals surface area contributed by atoms with E-state index in [1.54, 1.807) is 6.07 Å². The summed E-state index contributed by atoms with van der Waals surface area (Å²) in [5.41, 5.74) is 11.3. The standard InChI is InChI=1S/C31H34N4O3/c1-20-24-9-5-10-25(30(32)36)29(24)31(37)35(20)23-13-15-34(16-14-23)18-22-17-33-26-11-6-12-27(28(22)26)38-19-21-7-3-2-4-8-21/h2-12,17,20,23,30,33,36H,13-16,18-19,32H2,1H3. The maximum absolute atomic E-state index is 13.4. The van der Waals surface area contributed by atoms with Gasteiger partial charge in [0.2, 0.25) is 0 Å². The third-order valence-electron chi connectivity index (χ3n) is 8.09. The van der Waals surface area contributed by atoms with Gasteiger partial charge in [-0.1, -0.05) is 54.6 Å². The molecule has 4 N–H and O–H groups in total. The summed E-state index contributed by atoms with van der Waals surface area (Å²) in [5.74, 6) is 0.882. The summed E-state index contributed by atoms with van der Waals surface area (Å²) in [6, 6.07) is 22.1. The quantitative estimate of drug-likeness (QED) is 0.308. The molecule has 38 heavy (non-hydrogen) atoms. The number of amides is 1. The Hall–Kier alpha value is -3.65. The number of hydrogen-bond acceptors (Lipinski definition) is 5. The van der Waals surface area contributed by atoms with Gasteiger partial charge in [0.15, 0.2) is 0 Å². The second kappa shape index (κ2) is 10.3. The fraction of sp³-hybridized carbons (Fsp3) is 0.323. The van der Waals surface area contributed by atoms with Crippen molar-refractivity contribution < 1.29 is 14.6 Å². The van der Waals surface area contributed by atoms with Crippen LogP contribution in [0.5, 0.6) is 5.75 Å². The van der Waals surface area contributed by atoms with Crippen molar-refractivity contribution in [1.29, 1.82) is 0 Å². The van der Waals surface area contributed by atoms with E-state index in [9.17, 15) is 9.90 Å². The van der Waals surface area contributed by atoms with Crippen LogP contribution in [0.1, 0.15) is 64.6 Å². The molecule has 2 unspecified atom stereocenters. The zero-order valence-corrected chi connectivity index (χ0v) is 21.6. The summed E-state index contributed by atoms with van der Waals surface area (Å²) in [5, 5.41) is 11.2. The SMILES string of the molecule is CC1c2cccc(C(N)O)c2C(=O)N1C1CCN(Cc2c[nH]c3cccc(OCc4ccccc4)c23)CC1. The molecule has 1 fully saturated rings. The molecule has 2 atom stereocenters. The Morgan fingerprint density at radius 2 is 1.82 bits per heavy atom. The van der Waals surface area contributed by atoms with Gasteiger partial charge in [0.25, 0.3) is 5.91 Å². The Morgan fingerprint density at radius 1 is 1.05 bits per heavy atom. The lowest BCUT2D eigenvalue weighted by atomic mass is 9.99. The number of fused-ring (bicyclic) bond motifs is 2. The van der Waals surface area contributed by atoms with E-state index >= 15 is 0 Å². The monoisotopic (exact) mass is 510 g/mol. The molecular weight excluding hydrogens is 476 g/mol. The lowest BCUT2D eigenvalue weighted by Crippen LogP contribution is -2.45. The molecule has 7 nitrogen and oxygen atoms in total. The van der Waals surface area contributed by atoms with Crippen LogP contribution < -0.4 is 10.5 Å². The molecule has 4 aromatic rings. The molecule has 7 heteroatoms. The van der Waals surface area contributed by atoms with Crippen LogP contribution in [0.4, 0.5) is 0 Å². The van der Waals surface area contributed by atoms with E-state index in [1.165, 1.54) is 5.56 Å². The molecule has 1 amide bonds. The van der Waals surface area contributed by atoms with Crippen molar-refractivity contribution in [2.75, 3.05) is 13.1 Å². The van der Waals surface area contributed by atoms with Crippen molar-refractivity contribution in [1.82, 2.24) is 14.8 Å². The number of aromatic nitrogens is 1. The molecule has 0 bridgehead atoms. The van der Waals surface area contributed by atoms with Crippen LogP contribution in [0.25, 0.3) is 10.9 Å². The number of piperidine rings is 1. The van der Waals surface area contributed by atoms with Crippen molar-refractivity contribution in [3.05, 3.63) is 101 Å². The summed E-state index contributed by atoms with van der Waals surface area (Å²) in [6.07, 6.45) is 2.75. The molecule has 6 rings (SSSR count). The maximum Gasteiger partial charge on any atom is 0.255 e. The molecule has 3 heterocycles. The van der Waals surface area contributed by atoms with Crippen molar-refractivity contribution in [3.8, 4) is 5.75 Å². The number of nitrogens with one attached hydrogen (secondary N) is 1. The minimum absolute atomic E-state index is 0.0112. The largest absolute Gasteiger partial charge is 0.488 e. The second-order valence-electron chi connectivity index (χ2n) is 10.4. The van der Waals surface area contributed by atoms with Gasteiger partial charge in [-0.3, -0.25) is 9.69 Å². The second-order valence-corrected chi connectivity index (χ2v) is 10.4. The average molecular weight is 511 g/mol. The average Bonchev–Trinajstić information content (AvgIpc) is 3.47. The molecule has 1 saturated heterocycles. The molecule has 0 radical (unpaired) electrons. The Balaban J connectivity index is 1.14. The lowest BCUT2D eigenvalue weighted by Gasteiger charge is -2.38. The molecule has 2 aliphatic rings. The zero-order chi connectivity index (χ0) is 26.2. The van der Waals surface area contributed by atoms with Crippen molar-refractivity contribution in [2.24, 2.45) is 5.73 Å². The van der Waals surface area contributed by atoms with Crippen LogP contribution in [0.3, 0.4) is 0 Å². The minimum Gasteiger partial charge on any atom is -0.488 e. The Bertz CT molecular complexity index is 1440. The predicted octanol–water partition coefficient (Wildman–Crippen LogP) is 4.88. The van der Waals surface area contributed by atoms with Crippen molar-refractivity contribution in [3.63, 3.8) is 0 Å². The third-order valence-corrected chi connectivity index (χ3v) is 8.09. The molecule has 1 aromatic heterocycles. The van der Waals surface area contributed by atoms with E-state index in [0.717, 1.165) is 60.3 Å². The highest BCUT2D eigenvalue weighted by molar-refractivity contribution is 6.01. The number of aromatic amines is 1. The lowest BCUT2D eigenvalue weighted by molar-refractivity contribution is 0.0509. The van der Waals surface area contributed by atoms with E-state index in [0.29, 0.717) is 17.7 Å². The molecule has 0 saturated carbocycles. The van der Waals surface area contributed by atoms with Gasteiger partial charge in [-0.25, -0.2) is 0 Å². The van der Waals surface area contributed by atoms with Crippen LogP contribution in [-0.4, -0.2) is 44.9 Å². The Labute approximate surface area is 222 Å². The van der Waals surface area contributed by atoms with Gasteiger partial charge >= 0.3 is 0 Å². The highest BCUT2D eigenvalue weighted by atomic mass is 16.5. The summed E-state index contributed by atoms with van der Waals surface area (Å²) in [4.78, 5) is 21.3. The number of nitrogens with zero attached hydrogens (tertiary/aromatic N) is 2. The molecule has 196 valence electrons. The topological polar surface area (TPSA) is 94.8 Å². The Kier molecular flexibility index (Phi) is 6.66. The third kappa shape index (κ3) is 4.47. The molecule has 3 aromatic carbocycles. The summed E-state index contributed by atoms with van der Waals surface area (Å²) in [6.45, 7) is 5.24. The zero-order valence-electron chi connectivity index (χ0n) is 21.6. The maximum atomic E-state index is 13.4. The first kappa shape index (κ1) is 24.7. The number of benzene rings is 3. The van der Waals surface area contributed by atoms with Gasteiger partial charge in [0, 0.05) is 48.3 Å². The first-order valence-corrected chi connectivity index (χ1v) is 13.4. The highest BCUT2D eigenvalue weighted by Gasteiger charge is 2.41. The van der Waals surface area contributed by atoms with E-state index < -0.39 is 6.23 Å². The van der Waals surface area contributed by atoms with Gasteiger partial charge in [0.1, 0.15) is 18.6 Å². The minimum atomic E-state index is -1.15. The van der Waals surface area contributed by atoms with Crippen molar-refractivity contribution in [2.45, 2.75) is 51.2 Å². The van der Waals surface area contributed by atoms with Crippen LogP contribution in [-0.2, 0) is 13.2 Å². The van der Waals surface area contributed by atoms with E-state index in [1.807, 2.05) is 47.4 Å². The predicted molar refractivity (Wildman–Crippen MR) is 148 cm³/mol. The summed E-state index contributed by atoms with van der Waals surface area (Å²) < 4.78 is 6.25. The number of ether oxygens (including phenoxy) is 1. The van der Waals surface area contributed by atoms with Crippen molar-refractivity contribution >= 4 is 16.8 Å². The van der Waals surface area contributed by atoms with E-state index in [4.69, 9.17) is 10.5 Å². The molecule has 2 aliphatic heterocycles. The number of likely N-dealkylation sites (tertiary alicyclic amines) is 1. The normalized spacial score (nSPS) is 19.2. The fourth-order valence-electron chi connectivity index (χ4n) is 6.16. The number of aliphatic hydroxyl groups is 1. The molecular formula is C31H34N4O3. The first-order chi connectivity index (χ1) is 18.5. The summed E-state index contributed by atoms with van der Waals surface area (Å²) >= 11 is 0. The van der Waals surface area contributed by atoms with Crippen LogP contribution in [0, 0.1) is 0 Å². The van der Waals surface area contributed by atoms with Gasteiger partial charge < -0.3 is 25.5 Å². The van der Waals surface area contributed by atoms with Gasteiger partial charge in [-0.2, -0.15) is 0 Å². The number of H-pyrrole nitrogens is 1. The first-order valence-electron chi connectivity index (χ1n) is 13.4. The highest BCUT2D eigenvalue weighted by Crippen LogP contribution is 2.40. The number of nitrogens with two attached hydrogens (primary N) is 1. The van der Waals surface area contributed by atoms with E-state index in [-0.39, 0.29) is 18.0 Å². The Morgan fingerprint density at radius 3 is 2.58 bits per heavy atom. The van der Waals surface area contributed by atoms with Gasteiger partial charge in [0.05, 0.1) is 11.6 Å². The smallest absolute Gasteiger partial charge is 0.255 e. The van der Waals surface area contributed by atoms with Crippen LogP contribution in [0.2, 0.25) is 0 Å². The molecule has 0 aliphatic carbocycles. The van der Waals surface area contributed by atoms with E-state index in [2.05, 4.69) is 41.2 Å². The molecule has 0 spiro atoms. The van der Waals surface area contributed by atoms with Crippen LogP contribution in [0.15, 0.2) is 72.9 Å². The summed E-state index contributed by atoms with van der Waals surface area (Å²) in [7, 11) is 0. The number of carbonyl (C=O) groups is 1.